The van der Waals surface area contributed by atoms with Crippen LogP contribution in [0.4, 0.5) is 8.78 Å². The van der Waals surface area contributed by atoms with Crippen molar-refractivity contribution >= 4 is 16.8 Å². The van der Waals surface area contributed by atoms with Crippen molar-refractivity contribution in [1.82, 2.24) is 15.2 Å². The summed E-state index contributed by atoms with van der Waals surface area (Å²) in [6.07, 6.45) is 0.894. The van der Waals surface area contributed by atoms with E-state index in [1.54, 1.807) is 4.90 Å². The van der Waals surface area contributed by atoms with Gasteiger partial charge in [0, 0.05) is 30.6 Å². The number of benzene rings is 1. The summed E-state index contributed by atoms with van der Waals surface area (Å²) in [5.74, 6) is -1.50. The van der Waals surface area contributed by atoms with Crippen molar-refractivity contribution in [1.29, 1.82) is 0 Å². The Kier molecular flexibility index (Phi) is 3.17. The minimum atomic E-state index is -0.662. The van der Waals surface area contributed by atoms with Gasteiger partial charge in [0.1, 0.15) is 17.3 Å². The van der Waals surface area contributed by atoms with E-state index in [0.29, 0.717) is 24.3 Å². The Bertz CT molecular complexity index is 668. The summed E-state index contributed by atoms with van der Waals surface area (Å²) < 4.78 is 26.8. The number of nitrogens with one attached hydrogen (secondary N) is 2. The van der Waals surface area contributed by atoms with Gasteiger partial charge in [0.25, 0.3) is 5.91 Å². The third kappa shape index (κ3) is 2.16. The van der Waals surface area contributed by atoms with E-state index in [9.17, 15) is 13.6 Å². The van der Waals surface area contributed by atoms with Gasteiger partial charge in [-0.25, -0.2) is 8.78 Å². The Morgan fingerprint density at radius 1 is 1.40 bits per heavy atom. The fourth-order valence-electron chi connectivity index (χ4n) is 2.63. The number of H-pyrrole nitrogens is 1. The van der Waals surface area contributed by atoms with Crippen molar-refractivity contribution in [3.63, 3.8) is 0 Å². The number of halogens is 2. The van der Waals surface area contributed by atoms with E-state index in [1.165, 1.54) is 12.1 Å². The molecule has 1 aliphatic rings. The van der Waals surface area contributed by atoms with E-state index < -0.39 is 11.6 Å². The molecule has 0 spiro atoms. The lowest BCUT2D eigenvalue weighted by Gasteiger charge is -2.15. The molecule has 2 N–H and O–H groups in total. The summed E-state index contributed by atoms with van der Waals surface area (Å²) in [4.78, 5) is 16.8. The van der Waals surface area contributed by atoms with Gasteiger partial charge < -0.3 is 15.2 Å². The summed E-state index contributed by atoms with van der Waals surface area (Å²) in [6.45, 7) is 1.29. The average Bonchev–Trinajstić information content (AvgIpc) is 3.03. The number of hydrogen-bond acceptors (Lipinski definition) is 2. The van der Waals surface area contributed by atoms with Gasteiger partial charge in [0.15, 0.2) is 0 Å². The van der Waals surface area contributed by atoms with Gasteiger partial charge >= 0.3 is 0 Å². The Hall–Kier alpha value is -1.95. The summed E-state index contributed by atoms with van der Waals surface area (Å²) in [5, 5.41) is 3.36. The quantitative estimate of drug-likeness (QED) is 0.882. The molecule has 1 saturated heterocycles. The second-order valence-corrected chi connectivity index (χ2v) is 5.06. The van der Waals surface area contributed by atoms with E-state index in [2.05, 4.69) is 10.3 Å². The first-order chi connectivity index (χ1) is 9.58. The molecule has 1 atom stereocenters. The Labute approximate surface area is 114 Å². The van der Waals surface area contributed by atoms with Gasteiger partial charge in [-0.3, -0.25) is 4.79 Å². The topological polar surface area (TPSA) is 48.1 Å². The number of rotatable bonds is 2. The van der Waals surface area contributed by atoms with Gasteiger partial charge in [-0.15, -0.1) is 0 Å². The summed E-state index contributed by atoms with van der Waals surface area (Å²) in [5.41, 5.74) is 0.594. The largest absolute Gasteiger partial charge is 0.350 e. The molecule has 3 rings (SSSR count). The predicted octanol–water partition coefficient (Wildman–Crippen LogP) is 1.88. The molecule has 1 aliphatic heterocycles. The third-order valence-corrected chi connectivity index (χ3v) is 3.77. The van der Waals surface area contributed by atoms with Gasteiger partial charge in [0.05, 0.1) is 5.52 Å². The highest BCUT2D eigenvalue weighted by Crippen LogP contribution is 2.22. The number of carbonyl (C=O) groups is 1. The Morgan fingerprint density at radius 2 is 2.20 bits per heavy atom. The van der Waals surface area contributed by atoms with Crippen LogP contribution in [0.5, 0.6) is 0 Å². The minimum Gasteiger partial charge on any atom is -0.350 e. The van der Waals surface area contributed by atoms with E-state index in [4.69, 9.17) is 0 Å². The lowest BCUT2D eigenvalue weighted by molar-refractivity contribution is 0.0785. The molecule has 1 aromatic heterocycles. The number of carbonyl (C=O) groups excluding carboxylic acids is 1. The fourth-order valence-corrected chi connectivity index (χ4v) is 2.63. The van der Waals surface area contributed by atoms with Crippen LogP contribution in [-0.4, -0.2) is 42.0 Å². The Morgan fingerprint density at radius 3 is 2.90 bits per heavy atom. The molecular weight excluding hydrogens is 264 g/mol. The first-order valence-corrected chi connectivity index (χ1v) is 6.53. The molecule has 1 aromatic carbocycles. The van der Waals surface area contributed by atoms with Crippen molar-refractivity contribution in [3.05, 3.63) is 35.5 Å². The number of aromatic amines is 1. The summed E-state index contributed by atoms with van der Waals surface area (Å²) >= 11 is 0. The van der Waals surface area contributed by atoms with Crippen molar-refractivity contribution in [2.45, 2.75) is 12.5 Å². The number of likely N-dealkylation sites (tertiary alicyclic amines) is 1. The zero-order valence-electron chi connectivity index (χ0n) is 11.0. The number of hydrogen-bond donors (Lipinski definition) is 2. The minimum absolute atomic E-state index is 0.182. The number of nitrogens with zero attached hydrogens (tertiary/aromatic N) is 1. The fraction of sp³-hybridized carbons (Fsp3) is 0.357. The molecule has 0 aliphatic carbocycles. The van der Waals surface area contributed by atoms with Crippen molar-refractivity contribution in [3.8, 4) is 0 Å². The molecule has 1 amide bonds. The molecule has 1 fully saturated rings. The molecule has 0 radical (unpaired) electrons. The molecule has 2 heterocycles. The van der Waals surface area contributed by atoms with Crippen LogP contribution in [-0.2, 0) is 0 Å². The van der Waals surface area contributed by atoms with Crippen LogP contribution in [0.2, 0.25) is 0 Å². The van der Waals surface area contributed by atoms with E-state index >= 15 is 0 Å². The molecule has 106 valence electrons. The van der Waals surface area contributed by atoms with Gasteiger partial charge in [-0.05, 0) is 25.6 Å². The van der Waals surface area contributed by atoms with Crippen LogP contribution in [0.3, 0.4) is 0 Å². The first kappa shape index (κ1) is 13.1. The van der Waals surface area contributed by atoms with Crippen LogP contribution in [0.25, 0.3) is 10.9 Å². The standard InChI is InChI=1S/C14H15F2N3O/c1-17-9-2-3-19(7-9)14(20)13-6-10-11(16)4-8(15)5-12(10)18-13/h4-6,9,17-18H,2-3,7H2,1H3/t9-/m0/s1. The number of likely N-dealkylation sites (N-methyl/N-ethyl adjacent to an activating group) is 1. The highest BCUT2D eigenvalue weighted by molar-refractivity contribution is 5.98. The molecule has 0 bridgehead atoms. The predicted molar refractivity (Wildman–Crippen MR) is 71.6 cm³/mol. The van der Waals surface area contributed by atoms with E-state index in [-0.39, 0.29) is 17.3 Å². The zero-order chi connectivity index (χ0) is 14.3. The van der Waals surface area contributed by atoms with Crippen molar-refractivity contribution in [2.75, 3.05) is 20.1 Å². The lowest BCUT2D eigenvalue weighted by atomic mass is 10.2. The maximum Gasteiger partial charge on any atom is 0.270 e. The molecular formula is C14H15F2N3O. The molecule has 4 nitrogen and oxygen atoms in total. The average molecular weight is 279 g/mol. The van der Waals surface area contributed by atoms with E-state index in [1.807, 2.05) is 7.05 Å². The van der Waals surface area contributed by atoms with Crippen LogP contribution < -0.4 is 5.32 Å². The molecule has 0 unspecified atom stereocenters. The zero-order valence-corrected chi connectivity index (χ0v) is 11.0. The maximum absolute atomic E-state index is 13.6. The van der Waals surface area contributed by atoms with Crippen LogP contribution in [0, 0.1) is 11.6 Å². The second-order valence-electron chi connectivity index (χ2n) is 5.06. The maximum atomic E-state index is 13.6. The number of aromatic nitrogens is 1. The lowest BCUT2D eigenvalue weighted by Crippen LogP contribution is -2.33. The highest BCUT2D eigenvalue weighted by Gasteiger charge is 2.27. The third-order valence-electron chi connectivity index (χ3n) is 3.77. The number of fused-ring (bicyclic) bond motifs is 1. The van der Waals surface area contributed by atoms with Crippen LogP contribution in [0.15, 0.2) is 18.2 Å². The Balaban J connectivity index is 1.91. The van der Waals surface area contributed by atoms with E-state index in [0.717, 1.165) is 12.5 Å². The van der Waals surface area contributed by atoms with Crippen molar-refractivity contribution < 1.29 is 13.6 Å². The monoisotopic (exact) mass is 279 g/mol. The normalized spacial score (nSPS) is 18.9. The summed E-state index contributed by atoms with van der Waals surface area (Å²) in [7, 11) is 1.86. The van der Waals surface area contributed by atoms with Crippen LogP contribution >= 0.6 is 0 Å². The highest BCUT2D eigenvalue weighted by atomic mass is 19.1. The molecule has 0 saturated carbocycles. The SMILES string of the molecule is CN[C@H]1CCN(C(=O)c2cc3c(F)cc(F)cc3[nH]2)C1. The molecule has 2 aromatic rings. The van der Waals surface area contributed by atoms with Gasteiger partial charge in [-0.1, -0.05) is 0 Å². The van der Waals surface area contributed by atoms with Crippen LogP contribution in [0.1, 0.15) is 16.9 Å². The molecule has 6 heteroatoms. The van der Waals surface area contributed by atoms with Gasteiger partial charge in [-0.2, -0.15) is 0 Å². The summed E-state index contributed by atoms with van der Waals surface area (Å²) in [6, 6.07) is 3.74. The smallest absolute Gasteiger partial charge is 0.270 e. The second kappa shape index (κ2) is 4.86. The van der Waals surface area contributed by atoms with Crippen molar-refractivity contribution in [2.24, 2.45) is 0 Å². The first-order valence-electron chi connectivity index (χ1n) is 6.53. The van der Waals surface area contributed by atoms with Gasteiger partial charge in [0.2, 0.25) is 0 Å². The molecule has 20 heavy (non-hydrogen) atoms. The number of amides is 1.